The molecule has 120 valence electrons. The number of hydrogen-bond acceptors (Lipinski definition) is 2. The second-order valence-electron chi connectivity index (χ2n) is 7.26. The van der Waals surface area contributed by atoms with Gasteiger partial charge in [0.25, 0.3) is 0 Å². The summed E-state index contributed by atoms with van der Waals surface area (Å²) in [4.78, 5) is 0. The van der Waals surface area contributed by atoms with Crippen LogP contribution in [0.4, 0.5) is 0 Å². The predicted octanol–water partition coefficient (Wildman–Crippen LogP) is 5.17. The summed E-state index contributed by atoms with van der Waals surface area (Å²) < 4.78 is 5.68. The molecule has 1 aromatic heterocycles. The lowest BCUT2D eigenvalue weighted by Gasteiger charge is -2.19. The molecule has 0 spiro atoms. The summed E-state index contributed by atoms with van der Waals surface area (Å²) in [5, 5.41) is 3.53. The van der Waals surface area contributed by atoms with Crippen molar-refractivity contribution in [3.63, 3.8) is 0 Å². The van der Waals surface area contributed by atoms with Crippen molar-refractivity contribution >= 4 is 0 Å². The summed E-state index contributed by atoms with van der Waals surface area (Å²) >= 11 is 0. The van der Waals surface area contributed by atoms with Crippen LogP contribution in [0.2, 0.25) is 0 Å². The molecule has 0 saturated carbocycles. The van der Waals surface area contributed by atoms with Crippen LogP contribution in [0.25, 0.3) is 0 Å². The summed E-state index contributed by atoms with van der Waals surface area (Å²) in [6.45, 7) is 12.9. The van der Waals surface area contributed by atoms with E-state index in [1.165, 1.54) is 11.1 Å². The lowest BCUT2D eigenvalue weighted by atomic mass is 9.87. The van der Waals surface area contributed by atoms with Crippen molar-refractivity contribution < 1.29 is 4.42 Å². The molecule has 0 radical (unpaired) electrons. The Labute approximate surface area is 134 Å². The Balaban J connectivity index is 1.74. The fourth-order valence-corrected chi connectivity index (χ4v) is 2.53. The minimum atomic E-state index is 0.225. The molecule has 0 bridgehead atoms. The van der Waals surface area contributed by atoms with Gasteiger partial charge in [-0.25, -0.2) is 0 Å². The molecule has 2 rings (SSSR count). The predicted molar refractivity (Wildman–Crippen MR) is 93.3 cm³/mol. The van der Waals surface area contributed by atoms with E-state index < -0.39 is 0 Å². The number of benzene rings is 1. The maximum atomic E-state index is 5.68. The summed E-state index contributed by atoms with van der Waals surface area (Å²) in [7, 11) is 0. The van der Waals surface area contributed by atoms with Crippen LogP contribution in [0.5, 0.6) is 0 Å². The van der Waals surface area contributed by atoms with Crippen LogP contribution in [-0.2, 0) is 12.0 Å². The fourth-order valence-electron chi connectivity index (χ4n) is 2.53. The molecule has 0 aliphatic heterocycles. The van der Waals surface area contributed by atoms with Gasteiger partial charge in [-0.1, -0.05) is 52.0 Å². The lowest BCUT2D eigenvalue weighted by molar-refractivity contribution is 0.437. The smallest absolute Gasteiger partial charge is 0.107 e. The Bertz CT molecular complexity index is 574. The molecule has 2 heteroatoms. The highest BCUT2D eigenvalue weighted by Crippen LogP contribution is 2.22. The fraction of sp³-hybridized carbons (Fsp3) is 0.500. The minimum absolute atomic E-state index is 0.225. The third-order valence-corrected chi connectivity index (χ3v) is 4.15. The summed E-state index contributed by atoms with van der Waals surface area (Å²) in [6.07, 6.45) is 1.09. The Morgan fingerprint density at radius 1 is 1.05 bits per heavy atom. The van der Waals surface area contributed by atoms with E-state index in [0.29, 0.717) is 5.92 Å². The molecule has 22 heavy (non-hydrogen) atoms. The third kappa shape index (κ3) is 4.74. The van der Waals surface area contributed by atoms with Crippen molar-refractivity contribution in [1.29, 1.82) is 0 Å². The molecule has 0 aliphatic rings. The van der Waals surface area contributed by atoms with Gasteiger partial charge in [0.05, 0.1) is 0 Å². The van der Waals surface area contributed by atoms with E-state index >= 15 is 0 Å². The second kappa shape index (κ2) is 7.15. The molecular weight excluding hydrogens is 270 g/mol. The van der Waals surface area contributed by atoms with Gasteiger partial charge in [-0.3, -0.25) is 0 Å². The number of furan rings is 1. The van der Waals surface area contributed by atoms with Crippen LogP contribution in [0.15, 0.2) is 40.8 Å². The van der Waals surface area contributed by atoms with Gasteiger partial charge in [-0.05, 0) is 48.6 Å². The molecule has 1 atom stereocenters. The average molecular weight is 299 g/mol. The van der Waals surface area contributed by atoms with Gasteiger partial charge in [0.15, 0.2) is 0 Å². The van der Waals surface area contributed by atoms with Crippen molar-refractivity contribution in [3.8, 4) is 0 Å². The molecule has 1 aromatic carbocycles. The van der Waals surface area contributed by atoms with Gasteiger partial charge in [-0.15, -0.1) is 0 Å². The van der Waals surface area contributed by atoms with E-state index in [1.54, 1.807) is 0 Å². The molecular formula is C20H29NO. The molecule has 0 aliphatic carbocycles. The Hall–Kier alpha value is -1.54. The molecule has 1 unspecified atom stereocenters. The maximum Gasteiger partial charge on any atom is 0.107 e. The van der Waals surface area contributed by atoms with Crippen LogP contribution in [-0.4, -0.2) is 6.54 Å². The van der Waals surface area contributed by atoms with Crippen molar-refractivity contribution in [2.24, 2.45) is 0 Å². The Morgan fingerprint density at radius 2 is 1.73 bits per heavy atom. The first kappa shape index (κ1) is 16.8. The Morgan fingerprint density at radius 3 is 2.27 bits per heavy atom. The monoisotopic (exact) mass is 299 g/mol. The first-order chi connectivity index (χ1) is 10.4. The highest BCUT2D eigenvalue weighted by atomic mass is 16.3. The highest BCUT2D eigenvalue weighted by molar-refractivity contribution is 5.27. The maximum absolute atomic E-state index is 5.68. The van der Waals surface area contributed by atoms with E-state index in [2.05, 4.69) is 63.3 Å². The van der Waals surface area contributed by atoms with Crippen molar-refractivity contribution in [3.05, 3.63) is 59.0 Å². The summed E-state index contributed by atoms with van der Waals surface area (Å²) in [6, 6.07) is 13.1. The normalized spacial score (nSPS) is 13.3. The number of aryl methyl sites for hydroxylation is 1. The molecule has 1 heterocycles. The van der Waals surface area contributed by atoms with Crippen LogP contribution < -0.4 is 5.32 Å². The molecule has 0 saturated heterocycles. The largest absolute Gasteiger partial charge is 0.466 e. The topological polar surface area (TPSA) is 25.2 Å². The Kier molecular flexibility index (Phi) is 5.47. The highest BCUT2D eigenvalue weighted by Gasteiger charge is 2.13. The minimum Gasteiger partial charge on any atom is -0.466 e. The zero-order valence-electron chi connectivity index (χ0n) is 14.6. The van der Waals surface area contributed by atoms with Crippen molar-refractivity contribution in [1.82, 2.24) is 5.32 Å². The third-order valence-electron chi connectivity index (χ3n) is 4.15. The van der Waals surface area contributed by atoms with Gasteiger partial charge in [0.1, 0.15) is 11.5 Å². The number of rotatable bonds is 6. The molecule has 0 fully saturated rings. The van der Waals surface area contributed by atoms with Crippen LogP contribution in [0, 0.1) is 6.92 Å². The van der Waals surface area contributed by atoms with E-state index in [1.807, 2.05) is 13.0 Å². The first-order valence-corrected chi connectivity index (χ1v) is 8.23. The SMILES string of the molecule is Cc1ccc(C(C)CCNCc2ccc(C(C)(C)C)cc2)o1. The standard InChI is InChI=1S/C20H29NO/c1-15(19-11-6-16(2)22-19)12-13-21-14-17-7-9-18(10-8-17)20(3,4)5/h6-11,15,21H,12-14H2,1-5H3. The van der Waals surface area contributed by atoms with Crippen LogP contribution in [0.1, 0.15) is 62.7 Å². The zero-order valence-corrected chi connectivity index (χ0v) is 14.6. The molecule has 2 aromatic rings. The van der Waals surface area contributed by atoms with E-state index in [4.69, 9.17) is 4.42 Å². The quantitative estimate of drug-likeness (QED) is 0.744. The zero-order chi connectivity index (χ0) is 16.2. The molecule has 0 amide bonds. The van der Waals surface area contributed by atoms with Gasteiger partial charge in [0, 0.05) is 12.5 Å². The van der Waals surface area contributed by atoms with Gasteiger partial charge < -0.3 is 9.73 Å². The number of nitrogens with one attached hydrogen (secondary N) is 1. The first-order valence-electron chi connectivity index (χ1n) is 8.23. The van der Waals surface area contributed by atoms with Crippen molar-refractivity contribution in [2.45, 2.75) is 58.9 Å². The second-order valence-corrected chi connectivity index (χ2v) is 7.26. The average Bonchev–Trinajstić information content (AvgIpc) is 2.89. The molecule has 2 nitrogen and oxygen atoms in total. The number of hydrogen-bond donors (Lipinski definition) is 1. The van der Waals surface area contributed by atoms with Gasteiger partial charge in [-0.2, -0.15) is 0 Å². The van der Waals surface area contributed by atoms with E-state index in [9.17, 15) is 0 Å². The molecule has 1 N–H and O–H groups in total. The van der Waals surface area contributed by atoms with Gasteiger partial charge in [0.2, 0.25) is 0 Å². The van der Waals surface area contributed by atoms with Crippen LogP contribution in [0.3, 0.4) is 0 Å². The van der Waals surface area contributed by atoms with Gasteiger partial charge >= 0.3 is 0 Å². The van der Waals surface area contributed by atoms with E-state index in [-0.39, 0.29) is 5.41 Å². The summed E-state index contributed by atoms with van der Waals surface area (Å²) in [5.41, 5.74) is 2.95. The van der Waals surface area contributed by atoms with E-state index in [0.717, 1.165) is 31.0 Å². The lowest BCUT2D eigenvalue weighted by Crippen LogP contribution is -2.17. The summed E-state index contributed by atoms with van der Waals surface area (Å²) in [5.74, 6) is 2.55. The van der Waals surface area contributed by atoms with Crippen LogP contribution >= 0.6 is 0 Å². The van der Waals surface area contributed by atoms with Crippen molar-refractivity contribution in [2.75, 3.05) is 6.54 Å².